The third-order valence-corrected chi connectivity index (χ3v) is 7.70. The Morgan fingerprint density at radius 2 is 0.769 bits per heavy atom. The normalized spacial score (nSPS) is 12.3. The number of unbranched alkanes of at least 4 members (excludes halogenated alkanes) is 7. The van der Waals surface area contributed by atoms with Gasteiger partial charge in [-0.1, -0.05) is 38.5 Å². The highest BCUT2D eigenvalue weighted by molar-refractivity contribution is 7.72. The third kappa shape index (κ3) is 9.03. The van der Waals surface area contributed by atoms with Gasteiger partial charge < -0.3 is 18.1 Å². The molecule has 0 N–H and O–H groups in total. The van der Waals surface area contributed by atoms with E-state index in [1.807, 2.05) is 0 Å². The summed E-state index contributed by atoms with van der Waals surface area (Å²) in [7, 11) is -2.32. The molecule has 0 unspecified atom stereocenters. The minimum Gasteiger partial charge on any atom is -0.307 e. The van der Waals surface area contributed by atoms with Gasteiger partial charge in [0.05, 0.1) is 0 Å². The fraction of sp³-hybridized carbons (Fsp3) is 0.875. The molecule has 10 heteroatoms. The lowest BCUT2D eigenvalue weighted by Gasteiger charge is -2.11. The molecule has 0 fully saturated rings. The smallest absolute Gasteiger partial charge is 0.307 e. The van der Waals surface area contributed by atoms with E-state index < -0.39 is 26.2 Å². The molecule has 0 aliphatic carbocycles. The second-order valence-electron chi connectivity index (χ2n) is 5.84. The first-order valence-corrected chi connectivity index (χ1v) is 11.9. The van der Waals surface area contributed by atoms with Crippen LogP contribution < -0.4 is 0 Å². The Morgan fingerprint density at radius 1 is 0.538 bits per heavy atom. The van der Waals surface area contributed by atoms with E-state index in [1.165, 1.54) is 28.4 Å². The van der Waals surface area contributed by atoms with E-state index >= 15 is 0 Å². The van der Waals surface area contributed by atoms with Gasteiger partial charge in [0.25, 0.3) is 0 Å². The van der Waals surface area contributed by atoms with Crippen molar-refractivity contribution in [1.29, 1.82) is 0 Å². The van der Waals surface area contributed by atoms with E-state index in [9.17, 15) is 18.7 Å². The summed E-state index contributed by atoms with van der Waals surface area (Å²) in [6.45, 7) is 0. The predicted molar refractivity (Wildman–Crippen MR) is 99.4 cm³/mol. The maximum atomic E-state index is 11.8. The minimum atomic E-state index is -3.58. The van der Waals surface area contributed by atoms with Crippen molar-refractivity contribution in [3.8, 4) is 0 Å². The van der Waals surface area contributed by atoms with Crippen LogP contribution in [0.25, 0.3) is 0 Å². The SMILES string of the molecule is COP(=O)(OC)C(=O)CCCCCCCCCCC(=O)P(=O)(OC)OC. The molecule has 26 heavy (non-hydrogen) atoms. The number of rotatable bonds is 17. The summed E-state index contributed by atoms with van der Waals surface area (Å²) in [4.78, 5) is 23.4. The molecule has 0 atom stereocenters. The van der Waals surface area contributed by atoms with Crippen LogP contribution in [0.15, 0.2) is 0 Å². The zero-order valence-electron chi connectivity index (χ0n) is 16.2. The molecule has 0 aromatic heterocycles. The lowest BCUT2D eigenvalue weighted by molar-refractivity contribution is -0.114. The van der Waals surface area contributed by atoms with Gasteiger partial charge in [0, 0.05) is 41.3 Å². The minimum absolute atomic E-state index is 0.195. The summed E-state index contributed by atoms with van der Waals surface area (Å²) in [5, 5.41) is 0. The van der Waals surface area contributed by atoms with Gasteiger partial charge in [0.15, 0.2) is 0 Å². The molecule has 8 nitrogen and oxygen atoms in total. The van der Waals surface area contributed by atoms with E-state index in [2.05, 4.69) is 18.1 Å². The van der Waals surface area contributed by atoms with Gasteiger partial charge in [0.2, 0.25) is 11.0 Å². The second-order valence-corrected chi connectivity index (χ2v) is 10.3. The monoisotopic (exact) mass is 414 g/mol. The molecule has 0 heterocycles. The number of carbonyl (C=O) groups is 2. The molecular formula is C16H32O8P2. The summed E-state index contributed by atoms with van der Waals surface area (Å²) >= 11 is 0. The van der Waals surface area contributed by atoms with Gasteiger partial charge in [-0.25, -0.2) is 0 Å². The molecule has 0 aromatic rings. The quantitative estimate of drug-likeness (QED) is 0.244. The molecule has 0 radical (unpaired) electrons. The maximum absolute atomic E-state index is 11.8. The first-order chi connectivity index (χ1) is 12.3. The number of carbonyl (C=O) groups excluding carboxylic acids is 2. The molecule has 0 amide bonds. The van der Waals surface area contributed by atoms with Crippen molar-refractivity contribution < 1.29 is 36.8 Å². The van der Waals surface area contributed by atoms with E-state index in [1.54, 1.807) is 0 Å². The molecule has 0 aliphatic heterocycles. The highest BCUT2D eigenvalue weighted by Gasteiger charge is 2.31. The molecule has 0 bridgehead atoms. The molecule has 0 aliphatic rings. The van der Waals surface area contributed by atoms with Gasteiger partial charge in [0.1, 0.15) is 0 Å². The van der Waals surface area contributed by atoms with Crippen LogP contribution in [-0.2, 0) is 36.8 Å². The van der Waals surface area contributed by atoms with Crippen molar-refractivity contribution in [1.82, 2.24) is 0 Å². The molecule has 0 saturated heterocycles. The van der Waals surface area contributed by atoms with E-state index in [0.29, 0.717) is 12.8 Å². The summed E-state index contributed by atoms with van der Waals surface area (Å²) in [6, 6.07) is 0. The Morgan fingerprint density at radius 3 is 1.00 bits per heavy atom. The maximum Gasteiger partial charge on any atom is 0.396 e. The van der Waals surface area contributed by atoms with Gasteiger partial charge in [-0.2, -0.15) is 0 Å². The van der Waals surface area contributed by atoms with E-state index in [0.717, 1.165) is 38.5 Å². The topological polar surface area (TPSA) is 105 Å². The standard InChI is InChI=1S/C16H32O8P2/c1-21-25(19,22-2)15(17)13-11-9-7-5-6-8-10-12-14-16(18)26(20,23-3)24-4/h5-14H2,1-4H3. The average molecular weight is 414 g/mol. The van der Waals surface area contributed by atoms with E-state index in [-0.39, 0.29) is 12.8 Å². The first kappa shape index (κ1) is 25.6. The summed E-state index contributed by atoms with van der Waals surface area (Å²) in [5.74, 6) is 0. The van der Waals surface area contributed by atoms with Gasteiger partial charge in [-0.3, -0.25) is 18.7 Å². The second kappa shape index (κ2) is 13.8. The van der Waals surface area contributed by atoms with Crippen molar-refractivity contribution in [3.63, 3.8) is 0 Å². The highest BCUT2D eigenvalue weighted by atomic mass is 31.2. The Kier molecular flexibility index (Phi) is 13.6. The van der Waals surface area contributed by atoms with Crippen LogP contribution in [0.2, 0.25) is 0 Å². The number of hydrogen-bond donors (Lipinski definition) is 0. The van der Waals surface area contributed by atoms with Gasteiger partial charge in [-0.05, 0) is 12.8 Å². The third-order valence-electron chi connectivity index (χ3n) is 4.10. The lowest BCUT2D eigenvalue weighted by atomic mass is 10.1. The van der Waals surface area contributed by atoms with E-state index in [4.69, 9.17) is 0 Å². The fourth-order valence-electron chi connectivity index (χ4n) is 2.44. The molecule has 154 valence electrons. The molecule has 0 rings (SSSR count). The van der Waals surface area contributed by atoms with Crippen molar-refractivity contribution in [2.45, 2.75) is 64.2 Å². The largest absolute Gasteiger partial charge is 0.396 e. The first-order valence-electron chi connectivity index (χ1n) is 8.79. The zero-order chi connectivity index (χ0) is 20.1. The summed E-state index contributed by atoms with van der Waals surface area (Å²) in [6.07, 6.45) is 7.50. The highest BCUT2D eigenvalue weighted by Crippen LogP contribution is 2.49. The lowest BCUT2D eigenvalue weighted by Crippen LogP contribution is -2.03. The fourth-order valence-corrected chi connectivity index (χ4v) is 4.42. The Labute approximate surface area is 156 Å². The van der Waals surface area contributed by atoms with Crippen LogP contribution in [0.5, 0.6) is 0 Å². The van der Waals surface area contributed by atoms with Gasteiger partial charge >= 0.3 is 15.2 Å². The summed E-state index contributed by atoms with van der Waals surface area (Å²) in [5.41, 5.74) is -0.951. The van der Waals surface area contributed by atoms with Crippen LogP contribution in [0.3, 0.4) is 0 Å². The van der Waals surface area contributed by atoms with Crippen molar-refractivity contribution >= 4 is 26.2 Å². The van der Waals surface area contributed by atoms with Crippen LogP contribution in [0.1, 0.15) is 64.2 Å². The molecule has 0 aromatic carbocycles. The Balaban J connectivity index is 3.67. The van der Waals surface area contributed by atoms with Crippen molar-refractivity contribution in [3.05, 3.63) is 0 Å². The van der Waals surface area contributed by atoms with Crippen LogP contribution >= 0.6 is 15.2 Å². The Hall–Kier alpha value is -0.360. The molecule has 0 saturated carbocycles. The van der Waals surface area contributed by atoms with Crippen LogP contribution in [0.4, 0.5) is 0 Å². The Bertz CT molecular complexity index is 458. The van der Waals surface area contributed by atoms with Gasteiger partial charge in [-0.15, -0.1) is 0 Å². The van der Waals surface area contributed by atoms with Crippen molar-refractivity contribution in [2.75, 3.05) is 28.4 Å². The van der Waals surface area contributed by atoms with Crippen LogP contribution in [0, 0.1) is 0 Å². The van der Waals surface area contributed by atoms with Crippen molar-refractivity contribution in [2.24, 2.45) is 0 Å². The molecular weight excluding hydrogens is 382 g/mol. The average Bonchev–Trinajstić information content (AvgIpc) is 2.67. The summed E-state index contributed by atoms with van der Waals surface area (Å²) < 4.78 is 42.3. The molecule has 0 spiro atoms. The van der Waals surface area contributed by atoms with Crippen LogP contribution in [-0.4, -0.2) is 39.5 Å². The predicted octanol–water partition coefficient (Wildman–Crippen LogP) is 4.91. The number of hydrogen-bond acceptors (Lipinski definition) is 8. The zero-order valence-corrected chi connectivity index (χ0v) is 18.0.